The number of hydrogen-bond donors (Lipinski definition) is 0. The van der Waals surface area contributed by atoms with Gasteiger partial charge in [0.2, 0.25) is 0 Å². The van der Waals surface area contributed by atoms with E-state index in [1.165, 1.54) is 6.07 Å². The van der Waals surface area contributed by atoms with Crippen LogP contribution in [-0.4, -0.2) is 19.4 Å². The highest BCUT2D eigenvalue weighted by atomic mass is 19.4. The molecule has 0 spiro atoms. The third kappa shape index (κ3) is 3.41. The van der Waals surface area contributed by atoms with Gasteiger partial charge in [-0.05, 0) is 18.2 Å². The van der Waals surface area contributed by atoms with Gasteiger partial charge in [-0.15, -0.1) is 19.6 Å². The lowest BCUT2D eigenvalue weighted by Gasteiger charge is -2.12. The molecule has 17 heavy (non-hydrogen) atoms. The van der Waals surface area contributed by atoms with Gasteiger partial charge in [0.15, 0.2) is 0 Å². The van der Waals surface area contributed by atoms with Crippen molar-refractivity contribution in [3.63, 3.8) is 0 Å². The number of esters is 1. The third-order valence-electron chi connectivity index (χ3n) is 1.78. The summed E-state index contributed by atoms with van der Waals surface area (Å²) in [6, 6.07) is 3.37. The first-order valence-electron chi connectivity index (χ1n) is 4.32. The van der Waals surface area contributed by atoms with E-state index in [1.54, 1.807) is 0 Å². The molecule has 0 aliphatic carbocycles. The van der Waals surface area contributed by atoms with Crippen molar-refractivity contribution in [1.82, 2.24) is 0 Å². The number of terminal acetylenes is 1. The molecule has 0 atom stereocenters. The number of methoxy groups -OCH3 is 1. The molecule has 0 saturated carbocycles. The van der Waals surface area contributed by atoms with Crippen molar-refractivity contribution in [3.05, 3.63) is 29.3 Å². The molecule has 0 aliphatic rings. The summed E-state index contributed by atoms with van der Waals surface area (Å²) in [4.78, 5) is 11.2. The van der Waals surface area contributed by atoms with Crippen LogP contribution < -0.4 is 4.74 Å². The second-order valence-corrected chi connectivity index (χ2v) is 2.89. The molecule has 1 aromatic carbocycles. The Bertz CT molecular complexity index is 472. The van der Waals surface area contributed by atoms with E-state index in [2.05, 4.69) is 15.4 Å². The van der Waals surface area contributed by atoms with Crippen molar-refractivity contribution >= 4 is 5.97 Å². The van der Waals surface area contributed by atoms with E-state index in [-0.39, 0.29) is 11.1 Å². The van der Waals surface area contributed by atoms with Gasteiger partial charge in [0, 0.05) is 5.56 Å². The van der Waals surface area contributed by atoms with E-state index < -0.39 is 18.1 Å². The van der Waals surface area contributed by atoms with Gasteiger partial charge in [-0.1, -0.05) is 5.92 Å². The predicted octanol–water partition coefficient (Wildman–Crippen LogP) is 2.35. The number of ether oxygens (including phenoxy) is 2. The van der Waals surface area contributed by atoms with Crippen LogP contribution in [0.1, 0.15) is 15.9 Å². The van der Waals surface area contributed by atoms with Crippen LogP contribution in [0.2, 0.25) is 0 Å². The van der Waals surface area contributed by atoms with Crippen molar-refractivity contribution in [2.75, 3.05) is 7.11 Å². The largest absolute Gasteiger partial charge is 0.573 e. The summed E-state index contributed by atoms with van der Waals surface area (Å²) in [5.74, 6) is 0.520. The quantitative estimate of drug-likeness (QED) is 0.591. The van der Waals surface area contributed by atoms with Crippen LogP contribution in [0.15, 0.2) is 18.2 Å². The summed E-state index contributed by atoms with van der Waals surface area (Å²) in [7, 11) is 1.05. The molecule has 0 aromatic heterocycles. The van der Waals surface area contributed by atoms with Gasteiger partial charge in [-0.2, -0.15) is 0 Å². The molecule has 6 heteroatoms. The minimum absolute atomic E-state index is 0.164. The molecule has 3 nitrogen and oxygen atoms in total. The second kappa shape index (κ2) is 4.78. The Balaban J connectivity index is 3.22. The van der Waals surface area contributed by atoms with Crippen LogP contribution in [0.4, 0.5) is 13.2 Å². The van der Waals surface area contributed by atoms with E-state index in [0.29, 0.717) is 0 Å². The fourth-order valence-electron chi connectivity index (χ4n) is 1.10. The lowest BCUT2D eigenvalue weighted by Crippen LogP contribution is -2.19. The highest BCUT2D eigenvalue weighted by molar-refractivity contribution is 5.92. The molecule has 0 radical (unpaired) electrons. The number of alkyl halides is 3. The van der Waals surface area contributed by atoms with Crippen LogP contribution >= 0.6 is 0 Å². The summed E-state index contributed by atoms with van der Waals surface area (Å²) in [5, 5.41) is 0. The minimum atomic E-state index is -4.91. The topological polar surface area (TPSA) is 35.5 Å². The van der Waals surface area contributed by atoms with E-state index in [9.17, 15) is 18.0 Å². The van der Waals surface area contributed by atoms with E-state index >= 15 is 0 Å². The van der Waals surface area contributed by atoms with Crippen molar-refractivity contribution in [2.24, 2.45) is 0 Å². The van der Waals surface area contributed by atoms with Crippen molar-refractivity contribution < 1.29 is 27.4 Å². The molecule has 0 amide bonds. The zero-order valence-corrected chi connectivity index (χ0v) is 8.67. The zero-order valence-electron chi connectivity index (χ0n) is 8.67. The molecule has 0 unspecified atom stereocenters. The molecule has 0 N–H and O–H groups in total. The molecule has 0 heterocycles. The maximum Gasteiger partial charge on any atom is 0.573 e. The average Bonchev–Trinajstić information content (AvgIpc) is 2.25. The molecule has 0 fully saturated rings. The van der Waals surface area contributed by atoms with Gasteiger partial charge in [0.25, 0.3) is 0 Å². The maximum atomic E-state index is 12.1. The Morgan fingerprint density at radius 1 is 1.41 bits per heavy atom. The summed E-state index contributed by atoms with van der Waals surface area (Å²) in [5.41, 5.74) is -0.180. The molecule has 0 aliphatic heterocycles. The Kier molecular flexibility index (Phi) is 3.63. The normalized spacial score (nSPS) is 10.5. The molecular formula is C11H7F3O3. The second-order valence-electron chi connectivity index (χ2n) is 2.89. The fraction of sp³-hybridized carbons (Fsp3) is 0.182. The van der Waals surface area contributed by atoms with E-state index in [1.807, 2.05) is 0 Å². The summed E-state index contributed by atoms with van der Waals surface area (Å²) >= 11 is 0. The Morgan fingerprint density at radius 2 is 2.06 bits per heavy atom. The number of carbonyl (C=O) groups is 1. The van der Waals surface area contributed by atoms with Crippen LogP contribution in [-0.2, 0) is 4.74 Å². The van der Waals surface area contributed by atoms with Crippen LogP contribution in [0.25, 0.3) is 0 Å². The molecule has 1 rings (SSSR count). The lowest BCUT2D eigenvalue weighted by molar-refractivity contribution is -0.274. The SMILES string of the molecule is C#Cc1ccc(C(=O)OC)c(OC(F)(F)F)c1. The Morgan fingerprint density at radius 3 is 2.53 bits per heavy atom. The number of benzene rings is 1. The van der Waals surface area contributed by atoms with Crippen molar-refractivity contribution in [1.29, 1.82) is 0 Å². The molecule has 90 valence electrons. The number of rotatable bonds is 2. The first kappa shape index (κ1) is 12.9. The maximum absolute atomic E-state index is 12.1. The highest BCUT2D eigenvalue weighted by Crippen LogP contribution is 2.27. The smallest absolute Gasteiger partial charge is 0.465 e. The van der Waals surface area contributed by atoms with Crippen LogP contribution in [0.5, 0.6) is 5.75 Å². The Hall–Kier alpha value is -2.16. The summed E-state index contributed by atoms with van der Waals surface area (Å²) < 4.78 is 44.3. The summed E-state index contributed by atoms with van der Waals surface area (Å²) in [6.45, 7) is 0. The van der Waals surface area contributed by atoms with E-state index in [0.717, 1.165) is 19.2 Å². The standard InChI is InChI=1S/C11H7F3O3/c1-3-7-4-5-8(10(15)16-2)9(6-7)17-11(12,13)14/h1,4-6H,2H3. The first-order valence-corrected chi connectivity index (χ1v) is 4.32. The third-order valence-corrected chi connectivity index (χ3v) is 1.78. The molecular weight excluding hydrogens is 237 g/mol. The molecule has 0 saturated heterocycles. The highest BCUT2D eigenvalue weighted by Gasteiger charge is 2.33. The van der Waals surface area contributed by atoms with E-state index in [4.69, 9.17) is 6.42 Å². The monoisotopic (exact) mass is 244 g/mol. The number of halogens is 3. The van der Waals surface area contributed by atoms with Crippen molar-refractivity contribution in [2.45, 2.75) is 6.36 Å². The van der Waals surface area contributed by atoms with Gasteiger partial charge < -0.3 is 9.47 Å². The van der Waals surface area contributed by atoms with Gasteiger partial charge in [0.1, 0.15) is 11.3 Å². The Labute approximate surface area is 95.1 Å². The van der Waals surface area contributed by atoms with Crippen LogP contribution in [0.3, 0.4) is 0 Å². The number of hydrogen-bond acceptors (Lipinski definition) is 3. The molecule has 1 aromatic rings. The van der Waals surface area contributed by atoms with Gasteiger partial charge in [-0.25, -0.2) is 4.79 Å². The predicted molar refractivity (Wildman–Crippen MR) is 52.4 cm³/mol. The zero-order chi connectivity index (χ0) is 13.1. The summed E-state index contributed by atoms with van der Waals surface area (Å²) in [6.07, 6.45) is 0.131. The molecule has 0 bridgehead atoms. The van der Waals surface area contributed by atoms with Crippen molar-refractivity contribution in [3.8, 4) is 18.1 Å². The minimum Gasteiger partial charge on any atom is -0.465 e. The van der Waals surface area contributed by atoms with Gasteiger partial charge >= 0.3 is 12.3 Å². The number of carbonyl (C=O) groups excluding carboxylic acids is 1. The van der Waals surface area contributed by atoms with Crippen LogP contribution in [0, 0.1) is 12.3 Å². The fourth-order valence-corrected chi connectivity index (χ4v) is 1.10. The first-order chi connectivity index (χ1) is 7.87. The van der Waals surface area contributed by atoms with Gasteiger partial charge in [0.05, 0.1) is 7.11 Å². The average molecular weight is 244 g/mol. The van der Waals surface area contributed by atoms with Gasteiger partial charge in [-0.3, -0.25) is 0 Å². The lowest BCUT2D eigenvalue weighted by atomic mass is 10.1.